The van der Waals surface area contributed by atoms with Crippen molar-refractivity contribution in [1.29, 1.82) is 0 Å². The van der Waals surface area contributed by atoms with Gasteiger partial charge in [-0.05, 0) is 49.7 Å². The molecule has 0 spiro atoms. The van der Waals surface area contributed by atoms with Crippen molar-refractivity contribution in [2.45, 2.75) is 37.6 Å². The van der Waals surface area contributed by atoms with E-state index in [4.69, 9.17) is 0 Å². The molecular weight excluding hydrogens is 210 g/mol. The fourth-order valence-corrected chi connectivity index (χ4v) is 3.41. The Labute approximate surface area is 95.0 Å². The summed E-state index contributed by atoms with van der Waals surface area (Å²) in [7, 11) is 0. The molecule has 86 valence electrons. The Bertz CT molecular complexity index is 235. The molecule has 2 rings (SSSR count). The van der Waals surface area contributed by atoms with Gasteiger partial charge in [0.1, 0.15) is 5.54 Å². The standard InChI is InChI=1S/C11H19NO2S/c13-10(14)11(4-6-15-7-5-11)12-8-9-2-1-3-9/h9,12H,1-8H2,(H,13,14). The number of aliphatic carboxylic acids is 1. The summed E-state index contributed by atoms with van der Waals surface area (Å²) >= 11 is 1.87. The minimum absolute atomic E-state index is 0.610. The maximum absolute atomic E-state index is 11.3. The molecule has 1 heterocycles. The molecule has 0 amide bonds. The first-order valence-electron chi connectivity index (χ1n) is 5.79. The van der Waals surface area contributed by atoms with Gasteiger partial charge in [0.15, 0.2) is 0 Å². The summed E-state index contributed by atoms with van der Waals surface area (Å²) in [5.74, 6) is 2.03. The molecule has 1 aliphatic heterocycles. The maximum atomic E-state index is 11.3. The van der Waals surface area contributed by atoms with Crippen LogP contribution >= 0.6 is 11.8 Å². The number of carbonyl (C=O) groups is 1. The molecule has 0 atom stereocenters. The highest BCUT2D eigenvalue weighted by Gasteiger charge is 2.40. The smallest absolute Gasteiger partial charge is 0.323 e. The van der Waals surface area contributed by atoms with Crippen molar-refractivity contribution < 1.29 is 9.90 Å². The third-order valence-electron chi connectivity index (χ3n) is 3.71. The van der Waals surface area contributed by atoms with E-state index < -0.39 is 11.5 Å². The van der Waals surface area contributed by atoms with E-state index in [1.54, 1.807) is 0 Å². The Morgan fingerprint density at radius 1 is 1.40 bits per heavy atom. The number of nitrogens with one attached hydrogen (secondary N) is 1. The average molecular weight is 229 g/mol. The van der Waals surface area contributed by atoms with Crippen LogP contribution in [0.3, 0.4) is 0 Å². The molecule has 0 bridgehead atoms. The highest BCUT2D eigenvalue weighted by atomic mass is 32.2. The van der Waals surface area contributed by atoms with Crippen LogP contribution in [0.4, 0.5) is 0 Å². The van der Waals surface area contributed by atoms with Crippen LogP contribution in [0, 0.1) is 5.92 Å². The van der Waals surface area contributed by atoms with E-state index in [1.165, 1.54) is 19.3 Å². The fourth-order valence-electron chi connectivity index (χ4n) is 2.22. The Morgan fingerprint density at radius 3 is 2.53 bits per heavy atom. The molecule has 1 saturated heterocycles. The van der Waals surface area contributed by atoms with Crippen molar-refractivity contribution in [3.8, 4) is 0 Å². The summed E-state index contributed by atoms with van der Waals surface area (Å²) in [6.07, 6.45) is 5.43. The zero-order valence-corrected chi connectivity index (χ0v) is 9.81. The summed E-state index contributed by atoms with van der Waals surface area (Å²) < 4.78 is 0. The monoisotopic (exact) mass is 229 g/mol. The van der Waals surface area contributed by atoms with Gasteiger partial charge in [-0.1, -0.05) is 6.42 Å². The van der Waals surface area contributed by atoms with Crippen LogP contribution in [-0.2, 0) is 4.79 Å². The third kappa shape index (κ3) is 2.48. The molecule has 0 aromatic carbocycles. The summed E-state index contributed by atoms with van der Waals surface area (Å²) in [6.45, 7) is 0.900. The molecule has 2 aliphatic rings. The van der Waals surface area contributed by atoms with Gasteiger partial charge in [-0.15, -0.1) is 0 Å². The number of hydrogen-bond acceptors (Lipinski definition) is 3. The van der Waals surface area contributed by atoms with E-state index in [0.717, 1.165) is 36.8 Å². The van der Waals surface area contributed by atoms with Gasteiger partial charge in [-0.3, -0.25) is 4.79 Å². The van der Waals surface area contributed by atoms with Crippen LogP contribution in [0.2, 0.25) is 0 Å². The third-order valence-corrected chi connectivity index (χ3v) is 4.70. The number of carboxylic acid groups (broad SMARTS) is 1. The van der Waals surface area contributed by atoms with E-state index in [1.807, 2.05) is 11.8 Å². The maximum Gasteiger partial charge on any atom is 0.323 e. The van der Waals surface area contributed by atoms with Gasteiger partial charge in [0.05, 0.1) is 0 Å². The molecular formula is C11H19NO2S. The molecule has 1 aliphatic carbocycles. The number of hydrogen-bond donors (Lipinski definition) is 2. The summed E-state index contributed by atoms with van der Waals surface area (Å²) in [6, 6.07) is 0. The Balaban J connectivity index is 1.88. The SMILES string of the molecule is O=C(O)C1(NCC2CCC2)CCSCC1. The van der Waals surface area contributed by atoms with E-state index >= 15 is 0 Å². The lowest BCUT2D eigenvalue weighted by Gasteiger charge is -2.37. The number of carboxylic acids is 1. The quantitative estimate of drug-likeness (QED) is 0.771. The lowest BCUT2D eigenvalue weighted by atomic mass is 9.84. The van der Waals surface area contributed by atoms with Gasteiger partial charge in [-0.25, -0.2) is 0 Å². The Hall–Kier alpha value is -0.220. The van der Waals surface area contributed by atoms with Crippen molar-refractivity contribution in [1.82, 2.24) is 5.32 Å². The minimum Gasteiger partial charge on any atom is -0.480 e. The molecule has 0 aromatic heterocycles. The van der Waals surface area contributed by atoms with Crippen LogP contribution in [0.5, 0.6) is 0 Å². The van der Waals surface area contributed by atoms with Crippen molar-refractivity contribution in [3.63, 3.8) is 0 Å². The van der Waals surface area contributed by atoms with Crippen LogP contribution in [-0.4, -0.2) is 34.7 Å². The zero-order valence-electron chi connectivity index (χ0n) is 9.00. The molecule has 2 fully saturated rings. The van der Waals surface area contributed by atoms with Crippen LogP contribution in [0.25, 0.3) is 0 Å². The van der Waals surface area contributed by atoms with Crippen molar-refractivity contribution in [2.75, 3.05) is 18.1 Å². The number of thioether (sulfide) groups is 1. The van der Waals surface area contributed by atoms with Crippen LogP contribution in [0.1, 0.15) is 32.1 Å². The molecule has 2 N–H and O–H groups in total. The average Bonchev–Trinajstić information content (AvgIpc) is 2.16. The summed E-state index contributed by atoms with van der Waals surface area (Å²) in [5.41, 5.74) is -0.610. The molecule has 4 heteroatoms. The first-order valence-corrected chi connectivity index (χ1v) is 6.95. The minimum atomic E-state index is -0.651. The Morgan fingerprint density at radius 2 is 2.07 bits per heavy atom. The second-order valence-corrected chi connectivity index (χ2v) is 5.90. The molecule has 0 radical (unpaired) electrons. The lowest BCUT2D eigenvalue weighted by Crippen LogP contribution is -2.55. The topological polar surface area (TPSA) is 49.3 Å². The fraction of sp³-hybridized carbons (Fsp3) is 0.909. The van der Waals surface area contributed by atoms with Crippen molar-refractivity contribution in [2.24, 2.45) is 5.92 Å². The van der Waals surface area contributed by atoms with Gasteiger partial charge in [0, 0.05) is 0 Å². The second kappa shape index (κ2) is 4.74. The van der Waals surface area contributed by atoms with E-state index in [9.17, 15) is 9.90 Å². The Kier molecular flexibility index (Phi) is 3.57. The van der Waals surface area contributed by atoms with Crippen LogP contribution in [0.15, 0.2) is 0 Å². The van der Waals surface area contributed by atoms with Gasteiger partial charge in [0.25, 0.3) is 0 Å². The predicted molar refractivity (Wildman–Crippen MR) is 62.3 cm³/mol. The molecule has 3 nitrogen and oxygen atoms in total. The number of rotatable bonds is 4. The molecule has 0 unspecified atom stereocenters. The van der Waals surface area contributed by atoms with E-state index in [2.05, 4.69) is 5.32 Å². The van der Waals surface area contributed by atoms with Crippen molar-refractivity contribution in [3.05, 3.63) is 0 Å². The first-order chi connectivity index (χ1) is 7.23. The van der Waals surface area contributed by atoms with E-state index in [0.29, 0.717) is 0 Å². The van der Waals surface area contributed by atoms with Gasteiger partial charge in [-0.2, -0.15) is 11.8 Å². The molecule has 1 saturated carbocycles. The summed E-state index contributed by atoms with van der Waals surface area (Å²) in [4.78, 5) is 11.3. The van der Waals surface area contributed by atoms with Gasteiger partial charge >= 0.3 is 5.97 Å². The highest BCUT2D eigenvalue weighted by molar-refractivity contribution is 7.99. The zero-order chi connectivity index (χ0) is 10.7. The van der Waals surface area contributed by atoms with Crippen molar-refractivity contribution >= 4 is 17.7 Å². The van der Waals surface area contributed by atoms with Gasteiger partial charge < -0.3 is 10.4 Å². The van der Waals surface area contributed by atoms with Gasteiger partial charge in [0.2, 0.25) is 0 Å². The highest BCUT2D eigenvalue weighted by Crippen LogP contribution is 2.30. The molecule has 15 heavy (non-hydrogen) atoms. The molecule has 0 aromatic rings. The van der Waals surface area contributed by atoms with E-state index in [-0.39, 0.29) is 0 Å². The van der Waals surface area contributed by atoms with Crippen LogP contribution < -0.4 is 5.32 Å². The summed E-state index contributed by atoms with van der Waals surface area (Å²) in [5, 5.41) is 12.6. The predicted octanol–water partition coefficient (Wildman–Crippen LogP) is 1.73. The normalized spacial score (nSPS) is 25.9. The lowest BCUT2D eigenvalue weighted by molar-refractivity contribution is -0.145. The largest absolute Gasteiger partial charge is 0.480 e. The second-order valence-electron chi connectivity index (χ2n) is 4.68. The first kappa shape index (κ1) is 11.3.